The van der Waals surface area contributed by atoms with Crippen LogP contribution >= 0.6 is 0 Å². The van der Waals surface area contributed by atoms with E-state index < -0.39 is 12.1 Å². The average molecular weight is 323 g/mol. The molecule has 3 aromatic rings. The average Bonchev–Trinajstić information content (AvgIpc) is 2.61. The summed E-state index contributed by atoms with van der Waals surface area (Å²) in [5.74, 6) is 5.57. The van der Waals surface area contributed by atoms with Crippen LogP contribution in [-0.4, -0.2) is 10.1 Å². The van der Waals surface area contributed by atoms with Crippen LogP contribution in [0.25, 0.3) is 0 Å². The molecule has 1 heterocycles. The number of anilines is 2. The second kappa shape index (κ2) is 6.78. The molecular formula is C19H18FN3O. The van der Waals surface area contributed by atoms with Crippen molar-refractivity contribution in [2.75, 3.05) is 5.01 Å². The van der Waals surface area contributed by atoms with E-state index >= 15 is 0 Å². The molecule has 0 fully saturated rings. The summed E-state index contributed by atoms with van der Waals surface area (Å²) in [6.45, 7) is 1.91. The first-order valence-corrected chi connectivity index (χ1v) is 7.57. The Morgan fingerprint density at radius 1 is 1.04 bits per heavy atom. The summed E-state index contributed by atoms with van der Waals surface area (Å²) in [6, 6.07) is 19.4. The van der Waals surface area contributed by atoms with Crippen LogP contribution < -0.4 is 10.9 Å². The van der Waals surface area contributed by atoms with Crippen molar-refractivity contribution in [2.45, 2.75) is 13.0 Å². The minimum Gasteiger partial charge on any atom is -0.382 e. The molecule has 0 radical (unpaired) electrons. The van der Waals surface area contributed by atoms with Crippen molar-refractivity contribution in [1.82, 2.24) is 4.98 Å². The molecule has 0 aliphatic carbocycles. The molecule has 1 atom stereocenters. The molecule has 1 aromatic heterocycles. The first kappa shape index (κ1) is 16.1. The third kappa shape index (κ3) is 3.27. The van der Waals surface area contributed by atoms with Gasteiger partial charge in [0.05, 0.1) is 17.1 Å². The van der Waals surface area contributed by atoms with Gasteiger partial charge in [0.25, 0.3) is 0 Å². The SMILES string of the molecule is Cc1cc(C(O)c2cccc(F)n2)ccc1N(N)c1ccccc1. The van der Waals surface area contributed by atoms with Crippen LogP contribution in [0, 0.1) is 12.9 Å². The Morgan fingerprint density at radius 3 is 2.46 bits per heavy atom. The van der Waals surface area contributed by atoms with E-state index in [0.717, 1.165) is 16.9 Å². The van der Waals surface area contributed by atoms with Crippen LogP contribution in [-0.2, 0) is 0 Å². The van der Waals surface area contributed by atoms with Crippen LogP contribution in [0.4, 0.5) is 15.8 Å². The Kier molecular flexibility index (Phi) is 4.55. The molecule has 3 rings (SSSR count). The van der Waals surface area contributed by atoms with Crippen molar-refractivity contribution in [3.8, 4) is 0 Å². The lowest BCUT2D eigenvalue weighted by molar-refractivity contribution is 0.214. The normalized spacial score (nSPS) is 12.0. The number of hydrazine groups is 1. The van der Waals surface area contributed by atoms with E-state index in [1.54, 1.807) is 17.1 Å². The van der Waals surface area contributed by atoms with Gasteiger partial charge in [0, 0.05) is 0 Å². The Morgan fingerprint density at radius 2 is 1.79 bits per heavy atom. The highest BCUT2D eigenvalue weighted by Gasteiger charge is 2.15. The molecule has 1 unspecified atom stereocenters. The predicted octanol–water partition coefficient (Wildman–Crippen LogP) is 3.62. The number of nitrogens with zero attached hydrogens (tertiary/aromatic N) is 2. The van der Waals surface area contributed by atoms with Gasteiger partial charge in [0.15, 0.2) is 0 Å². The largest absolute Gasteiger partial charge is 0.382 e. The third-order valence-electron chi connectivity index (χ3n) is 3.85. The Hall–Kier alpha value is -2.76. The molecule has 2 aromatic carbocycles. The summed E-state index contributed by atoms with van der Waals surface area (Å²) >= 11 is 0. The molecular weight excluding hydrogens is 305 g/mol. The maximum absolute atomic E-state index is 13.2. The van der Waals surface area contributed by atoms with E-state index in [1.807, 2.05) is 49.4 Å². The molecule has 0 spiro atoms. The minimum atomic E-state index is -0.989. The molecule has 5 heteroatoms. The van der Waals surface area contributed by atoms with Crippen molar-refractivity contribution < 1.29 is 9.50 Å². The molecule has 3 N–H and O–H groups in total. The lowest BCUT2D eigenvalue weighted by Crippen LogP contribution is -2.25. The maximum Gasteiger partial charge on any atom is 0.213 e. The number of aromatic nitrogens is 1. The van der Waals surface area contributed by atoms with E-state index in [0.29, 0.717) is 5.56 Å². The summed E-state index contributed by atoms with van der Waals surface area (Å²) in [7, 11) is 0. The topological polar surface area (TPSA) is 62.4 Å². The molecule has 0 amide bonds. The van der Waals surface area contributed by atoms with Crippen molar-refractivity contribution in [3.05, 3.63) is 89.5 Å². The van der Waals surface area contributed by atoms with Gasteiger partial charge in [-0.1, -0.05) is 36.4 Å². The Balaban J connectivity index is 1.90. The standard InChI is InChI=1S/C19H18FN3O/c1-13-12-14(19(24)16-8-5-9-18(20)22-16)10-11-17(13)23(21)15-6-3-2-4-7-15/h2-12,19,24H,21H2,1H3. The number of benzene rings is 2. The van der Waals surface area contributed by atoms with Crippen LogP contribution in [0.2, 0.25) is 0 Å². The highest BCUT2D eigenvalue weighted by atomic mass is 19.1. The first-order valence-electron chi connectivity index (χ1n) is 7.57. The molecule has 0 saturated carbocycles. The van der Waals surface area contributed by atoms with Gasteiger partial charge in [-0.05, 0) is 48.4 Å². The van der Waals surface area contributed by atoms with Crippen LogP contribution in [0.5, 0.6) is 0 Å². The van der Waals surface area contributed by atoms with Gasteiger partial charge in [-0.3, -0.25) is 5.01 Å². The Labute approximate surface area is 140 Å². The van der Waals surface area contributed by atoms with Crippen molar-refractivity contribution >= 4 is 11.4 Å². The number of halogens is 1. The third-order valence-corrected chi connectivity index (χ3v) is 3.85. The molecule has 122 valence electrons. The van der Waals surface area contributed by atoms with Crippen LogP contribution in [0.3, 0.4) is 0 Å². The second-order valence-corrected chi connectivity index (χ2v) is 5.54. The fourth-order valence-corrected chi connectivity index (χ4v) is 2.59. The van der Waals surface area contributed by atoms with E-state index in [9.17, 15) is 9.50 Å². The number of hydrogen-bond donors (Lipinski definition) is 2. The number of hydrogen-bond acceptors (Lipinski definition) is 4. The highest BCUT2D eigenvalue weighted by molar-refractivity contribution is 5.65. The zero-order valence-electron chi connectivity index (χ0n) is 13.2. The summed E-state index contributed by atoms with van der Waals surface area (Å²) in [5, 5.41) is 12.0. The van der Waals surface area contributed by atoms with E-state index in [4.69, 9.17) is 5.84 Å². The zero-order chi connectivity index (χ0) is 17.1. The number of nitrogens with two attached hydrogens (primary N) is 1. The summed E-state index contributed by atoms with van der Waals surface area (Å²) in [6.07, 6.45) is -0.989. The fraction of sp³-hybridized carbons (Fsp3) is 0.105. The van der Waals surface area contributed by atoms with Gasteiger partial charge in [0.2, 0.25) is 5.95 Å². The van der Waals surface area contributed by atoms with E-state index in [2.05, 4.69) is 4.98 Å². The smallest absolute Gasteiger partial charge is 0.213 e. The Bertz CT molecular complexity index is 839. The number of para-hydroxylation sites is 1. The van der Waals surface area contributed by atoms with Crippen LogP contribution in [0.1, 0.15) is 22.9 Å². The lowest BCUT2D eigenvalue weighted by Gasteiger charge is -2.22. The lowest BCUT2D eigenvalue weighted by atomic mass is 10.0. The molecule has 0 bridgehead atoms. The molecule has 0 aliphatic rings. The number of aliphatic hydroxyl groups excluding tert-OH is 1. The molecule has 24 heavy (non-hydrogen) atoms. The second-order valence-electron chi connectivity index (χ2n) is 5.54. The molecule has 0 aliphatic heterocycles. The van der Waals surface area contributed by atoms with Crippen LogP contribution in [0.15, 0.2) is 66.7 Å². The monoisotopic (exact) mass is 323 g/mol. The molecule has 4 nitrogen and oxygen atoms in total. The van der Waals surface area contributed by atoms with Gasteiger partial charge < -0.3 is 5.11 Å². The summed E-state index contributed by atoms with van der Waals surface area (Å²) < 4.78 is 13.2. The summed E-state index contributed by atoms with van der Waals surface area (Å²) in [4.78, 5) is 3.73. The van der Waals surface area contributed by atoms with E-state index in [-0.39, 0.29) is 5.69 Å². The van der Waals surface area contributed by atoms with Crippen molar-refractivity contribution in [2.24, 2.45) is 5.84 Å². The zero-order valence-corrected chi connectivity index (χ0v) is 13.2. The van der Waals surface area contributed by atoms with Gasteiger partial charge in [-0.15, -0.1) is 0 Å². The number of aryl methyl sites for hydroxylation is 1. The maximum atomic E-state index is 13.2. The number of pyridine rings is 1. The first-order chi connectivity index (χ1) is 11.6. The van der Waals surface area contributed by atoms with Gasteiger partial charge in [-0.25, -0.2) is 10.8 Å². The van der Waals surface area contributed by atoms with Crippen molar-refractivity contribution in [3.63, 3.8) is 0 Å². The highest BCUT2D eigenvalue weighted by Crippen LogP contribution is 2.29. The van der Waals surface area contributed by atoms with Gasteiger partial charge in [-0.2, -0.15) is 4.39 Å². The van der Waals surface area contributed by atoms with E-state index in [1.165, 1.54) is 12.1 Å². The molecule has 0 saturated heterocycles. The minimum absolute atomic E-state index is 0.273. The number of aliphatic hydroxyl groups is 1. The predicted molar refractivity (Wildman–Crippen MR) is 92.2 cm³/mol. The van der Waals surface area contributed by atoms with Gasteiger partial charge in [0.1, 0.15) is 6.10 Å². The van der Waals surface area contributed by atoms with Crippen molar-refractivity contribution in [1.29, 1.82) is 0 Å². The summed E-state index contributed by atoms with van der Waals surface area (Å²) in [5.41, 5.74) is 3.49. The fourth-order valence-electron chi connectivity index (χ4n) is 2.59. The number of rotatable bonds is 4. The van der Waals surface area contributed by atoms with Gasteiger partial charge >= 0.3 is 0 Å². The quantitative estimate of drug-likeness (QED) is 0.437.